The Bertz CT molecular complexity index is 733. The summed E-state index contributed by atoms with van der Waals surface area (Å²) in [7, 11) is 1.30. The van der Waals surface area contributed by atoms with Crippen LogP contribution < -0.4 is 11.1 Å². The maximum absolute atomic E-state index is 11.0. The normalized spacial score (nSPS) is 8.55. The van der Waals surface area contributed by atoms with Crippen LogP contribution in [0.15, 0.2) is 36.7 Å². The van der Waals surface area contributed by atoms with E-state index >= 15 is 0 Å². The smallest absolute Gasteiger partial charge is 0.319 e. The summed E-state index contributed by atoms with van der Waals surface area (Å²) in [6.45, 7) is 6.95. The Morgan fingerprint density at radius 3 is 1.85 bits per heavy atom. The summed E-state index contributed by atoms with van der Waals surface area (Å²) in [6.07, 6.45) is 3.59. The van der Waals surface area contributed by atoms with Gasteiger partial charge in [-0.1, -0.05) is 12.1 Å². The molecule has 0 aromatic carbocycles. The number of hydrogen-bond donors (Lipinski definition) is 2. The van der Waals surface area contributed by atoms with Gasteiger partial charge in [-0.2, -0.15) is 0 Å². The fourth-order valence-electron chi connectivity index (χ4n) is 1.78. The molecule has 0 saturated carbocycles. The Balaban J connectivity index is -0.000000202. The van der Waals surface area contributed by atoms with E-state index in [0.29, 0.717) is 19.0 Å². The number of methoxy groups -OCH3 is 1. The zero-order chi connectivity index (χ0) is 22.8. The second kappa shape index (κ2) is 24.6. The largest absolute Gasteiger partial charge is 0.468 e. The van der Waals surface area contributed by atoms with Gasteiger partial charge >= 0.3 is 11.9 Å². The number of esters is 2. The van der Waals surface area contributed by atoms with Gasteiger partial charge in [0.1, 0.15) is 0 Å². The zero-order valence-electron chi connectivity index (χ0n) is 19.2. The summed E-state index contributed by atoms with van der Waals surface area (Å²) < 4.78 is 8.92. The molecule has 0 atom stereocenters. The van der Waals surface area contributed by atoms with Crippen LogP contribution in [0.4, 0.5) is 4.70 Å². The Hall–Kier alpha value is -2.04. The maximum atomic E-state index is 11.0. The molecular weight excluding hydrogens is 498 g/mol. The van der Waals surface area contributed by atoms with Crippen LogP contribution in [0.1, 0.15) is 29.4 Å². The van der Waals surface area contributed by atoms with Gasteiger partial charge in [0.15, 0.2) is 0 Å². The third kappa shape index (κ3) is 21.6. The predicted octanol–water partition coefficient (Wildman–Crippen LogP) is 3.29. The topological polar surface area (TPSA) is 116 Å². The molecule has 0 amide bonds. The molecule has 0 fully saturated rings. The second-order valence-corrected chi connectivity index (χ2v) is 6.21. The minimum Gasteiger partial charge on any atom is -0.468 e. The van der Waals surface area contributed by atoms with Crippen molar-refractivity contribution in [2.45, 2.75) is 33.2 Å². The van der Waals surface area contributed by atoms with Crippen molar-refractivity contribution in [3.05, 3.63) is 59.2 Å². The highest BCUT2D eigenvalue weighted by atomic mass is 35.5. The summed E-state index contributed by atoms with van der Waals surface area (Å²) in [4.78, 5) is 29.0. The highest BCUT2D eigenvalue weighted by Crippen LogP contribution is 2.01. The molecule has 2 heterocycles. The molecule has 0 unspecified atom stereocenters. The van der Waals surface area contributed by atoms with Gasteiger partial charge in [-0.3, -0.25) is 24.3 Å². The molecule has 8 nitrogen and oxygen atoms in total. The quantitative estimate of drug-likeness (QED) is 0.413. The molecule has 0 aliphatic heterocycles. The van der Waals surface area contributed by atoms with E-state index < -0.39 is 0 Å². The van der Waals surface area contributed by atoms with E-state index in [1.54, 1.807) is 19.3 Å². The average Bonchev–Trinajstić information content (AvgIpc) is 2.76. The van der Waals surface area contributed by atoms with Crippen molar-refractivity contribution < 1.29 is 23.8 Å². The van der Waals surface area contributed by atoms with Crippen molar-refractivity contribution in [2.24, 2.45) is 5.73 Å². The van der Waals surface area contributed by atoms with Gasteiger partial charge in [0.05, 0.1) is 26.8 Å². The molecule has 2 aromatic rings. The fourth-order valence-corrected chi connectivity index (χ4v) is 1.94. The Morgan fingerprint density at radius 2 is 1.52 bits per heavy atom. The third-order valence-corrected chi connectivity index (χ3v) is 3.71. The third-order valence-electron chi connectivity index (χ3n) is 3.40. The highest BCUT2D eigenvalue weighted by Gasteiger charge is 2.00. The van der Waals surface area contributed by atoms with Gasteiger partial charge in [-0.25, -0.2) is 0 Å². The van der Waals surface area contributed by atoms with Crippen molar-refractivity contribution in [3.63, 3.8) is 0 Å². The number of halogens is 4. The van der Waals surface area contributed by atoms with Crippen LogP contribution in [0.25, 0.3) is 0 Å². The van der Waals surface area contributed by atoms with Crippen LogP contribution in [0.2, 0.25) is 0 Å². The molecule has 0 aliphatic rings. The summed E-state index contributed by atoms with van der Waals surface area (Å²) >= 11 is 5.54. The van der Waals surface area contributed by atoms with E-state index in [1.165, 1.54) is 7.11 Å². The number of carbonyl (C=O) groups is 2. The van der Waals surface area contributed by atoms with E-state index in [-0.39, 0.29) is 54.5 Å². The average molecular weight is 532 g/mol. The summed E-state index contributed by atoms with van der Waals surface area (Å²) in [5.74, 6) is -0.0552. The van der Waals surface area contributed by atoms with Crippen molar-refractivity contribution in [1.82, 2.24) is 15.3 Å². The highest BCUT2D eigenvalue weighted by molar-refractivity contribution is 6.17. The van der Waals surface area contributed by atoms with Crippen molar-refractivity contribution in [1.29, 1.82) is 0 Å². The van der Waals surface area contributed by atoms with Gasteiger partial charge in [-0.05, 0) is 44.0 Å². The number of carbonyl (C=O) groups excluding carboxylic acids is 2. The van der Waals surface area contributed by atoms with Crippen LogP contribution in [0.3, 0.4) is 0 Å². The molecule has 0 radical (unpaired) electrons. The molecule has 0 aliphatic carbocycles. The van der Waals surface area contributed by atoms with E-state index in [9.17, 15) is 9.59 Å². The monoisotopic (exact) mass is 530 g/mol. The van der Waals surface area contributed by atoms with Crippen molar-refractivity contribution >= 4 is 48.4 Å². The van der Waals surface area contributed by atoms with Crippen LogP contribution in [-0.4, -0.2) is 48.7 Å². The lowest BCUT2D eigenvalue weighted by Gasteiger charge is -2.04. The summed E-state index contributed by atoms with van der Waals surface area (Å²) in [5.41, 5.74) is 8.96. The van der Waals surface area contributed by atoms with Gasteiger partial charge in [0, 0.05) is 36.2 Å². The first-order valence-electron chi connectivity index (χ1n) is 9.38. The second-order valence-electron chi connectivity index (χ2n) is 5.94. The molecule has 12 heteroatoms. The van der Waals surface area contributed by atoms with E-state index in [2.05, 4.69) is 20.0 Å². The van der Waals surface area contributed by atoms with Gasteiger partial charge in [0.25, 0.3) is 0 Å². The molecule has 0 spiro atoms. The van der Waals surface area contributed by atoms with Crippen LogP contribution in [0.5, 0.6) is 0 Å². The van der Waals surface area contributed by atoms with Crippen LogP contribution in [0, 0.1) is 13.8 Å². The molecule has 0 bridgehead atoms. The molecule has 190 valence electrons. The van der Waals surface area contributed by atoms with Crippen LogP contribution in [-0.2, 0) is 31.5 Å². The first-order chi connectivity index (χ1) is 14.4. The molecular formula is C21H34Cl3FN4O4. The standard InChI is InChI=1S/C11H16N2O2.C7H8ClN.C3H7NO2.2ClH.FH/c1-3-15-11(14)8-12-6-10-5-4-9(2)13-7-10;1-6-2-3-7(4-8)5-9-6;1-6-3(5)2-4;;;/h4-5,7,12H,3,6,8H2,1-2H3;2-3,5H,4H2,1H3;2,4H2,1H3;3*1H. The Labute approximate surface area is 212 Å². The minimum atomic E-state index is -0.380. The Morgan fingerprint density at radius 1 is 1.00 bits per heavy atom. The Kier molecular flexibility index (Phi) is 28.5. The lowest BCUT2D eigenvalue weighted by atomic mass is 10.2. The van der Waals surface area contributed by atoms with E-state index in [4.69, 9.17) is 22.1 Å². The lowest BCUT2D eigenvalue weighted by Crippen LogP contribution is -2.24. The summed E-state index contributed by atoms with van der Waals surface area (Å²) in [6, 6.07) is 7.87. The SMILES string of the molecule is CCOC(=O)CNCc1ccc(C)nc1.COC(=O)CN.Cc1ccc(CCl)cn1.Cl.Cl.F. The first kappa shape index (κ1) is 38.2. The van der Waals surface area contributed by atoms with E-state index in [1.807, 2.05) is 38.1 Å². The number of nitrogens with zero attached hydrogens (tertiary/aromatic N) is 2. The number of aryl methyl sites for hydroxylation is 2. The molecule has 0 saturated heterocycles. The van der Waals surface area contributed by atoms with Gasteiger partial charge in [-0.15, -0.1) is 36.4 Å². The number of rotatable bonds is 7. The van der Waals surface area contributed by atoms with Gasteiger partial charge < -0.3 is 20.5 Å². The molecule has 2 aromatic heterocycles. The van der Waals surface area contributed by atoms with Gasteiger partial charge in [0.2, 0.25) is 0 Å². The van der Waals surface area contributed by atoms with Crippen molar-refractivity contribution in [2.75, 3.05) is 26.8 Å². The zero-order valence-corrected chi connectivity index (χ0v) is 21.6. The first-order valence-corrected chi connectivity index (χ1v) is 9.91. The number of hydrogen-bond acceptors (Lipinski definition) is 8. The molecule has 2 rings (SSSR count). The fraction of sp³-hybridized carbons (Fsp3) is 0.429. The molecule has 33 heavy (non-hydrogen) atoms. The predicted molar refractivity (Wildman–Crippen MR) is 134 cm³/mol. The van der Waals surface area contributed by atoms with Crippen LogP contribution >= 0.6 is 36.4 Å². The number of nitrogens with one attached hydrogen (secondary N) is 1. The van der Waals surface area contributed by atoms with Crippen molar-refractivity contribution in [3.8, 4) is 0 Å². The minimum absolute atomic E-state index is 0. The summed E-state index contributed by atoms with van der Waals surface area (Å²) in [5, 5.41) is 2.99. The number of aromatic nitrogens is 2. The lowest BCUT2D eigenvalue weighted by molar-refractivity contribution is -0.142. The number of pyridine rings is 2. The number of alkyl halides is 1. The molecule has 3 N–H and O–H groups in total. The number of nitrogens with two attached hydrogens (primary N) is 1. The maximum Gasteiger partial charge on any atom is 0.319 e. The number of ether oxygens (including phenoxy) is 2. The van der Waals surface area contributed by atoms with E-state index in [0.717, 1.165) is 22.5 Å².